The van der Waals surface area contributed by atoms with Crippen LogP contribution in [0, 0.1) is 10.1 Å². The molecule has 5 nitrogen and oxygen atoms in total. The Morgan fingerprint density at radius 2 is 2.00 bits per heavy atom. The highest BCUT2D eigenvalue weighted by atomic mass is 35.5. The summed E-state index contributed by atoms with van der Waals surface area (Å²) in [5.41, 5.74) is 1.28. The molecule has 1 aromatic carbocycles. The highest BCUT2D eigenvalue weighted by Gasteiger charge is 2.16. The minimum atomic E-state index is -0.567. The Balaban J connectivity index is 2.74. The molecule has 0 amide bonds. The molecule has 2 aromatic rings. The molecule has 7 heteroatoms. The molecule has 0 bridgehead atoms. The molecule has 0 saturated heterocycles. The maximum absolute atomic E-state index is 10.8. The number of allylic oxidation sites excluding steroid dienone is 1. The van der Waals surface area contributed by atoms with Gasteiger partial charge in [-0.25, -0.2) is 9.97 Å². The monoisotopic (exact) mass is 297 g/mol. The van der Waals surface area contributed by atoms with Gasteiger partial charge in [0.25, 0.3) is 5.69 Å². The summed E-state index contributed by atoms with van der Waals surface area (Å²) in [4.78, 5) is 18.6. The highest BCUT2D eigenvalue weighted by molar-refractivity contribution is 6.36. The molecular weight excluding hydrogens is 289 g/mol. The molecule has 98 valence electrons. The van der Waals surface area contributed by atoms with Gasteiger partial charge < -0.3 is 0 Å². The normalized spacial score (nSPS) is 10.5. The molecule has 0 atom stereocenters. The zero-order valence-corrected chi connectivity index (χ0v) is 11.7. The van der Waals surface area contributed by atoms with Crippen molar-refractivity contribution in [2.75, 3.05) is 0 Å². The third-order valence-electron chi connectivity index (χ3n) is 2.35. The molecule has 19 heavy (non-hydrogen) atoms. The Hall–Kier alpha value is -1.72. The molecule has 0 saturated carbocycles. The van der Waals surface area contributed by atoms with Crippen molar-refractivity contribution in [3.8, 4) is 0 Å². The lowest BCUT2D eigenvalue weighted by Gasteiger charge is -2.03. The van der Waals surface area contributed by atoms with Gasteiger partial charge in [0.2, 0.25) is 0 Å². The van der Waals surface area contributed by atoms with Gasteiger partial charge in [-0.2, -0.15) is 0 Å². The Kier molecular flexibility index (Phi) is 3.68. The van der Waals surface area contributed by atoms with Gasteiger partial charge in [0.1, 0.15) is 10.2 Å². The van der Waals surface area contributed by atoms with E-state index in [-0.39, 0.29) is 15.9 Å². The molecule has 0 aliphatic rings. The number of fused-ring (bicyclic) bond motifs is 1. The van der Waals surface area contributed by atoms with E-state index in [9.17, 15) is 10.1 Å². The second-order valence-corrected chi connectivity index (χ2v) is 4.94. The summed E-state index contributed by atoms with van der Waals surface area (Å²) in [6.07, 6.45) is 1.76. The third kappa shape index (κ3) is 2.83. The Bertz CT molecular complexity index is 710. The summed E-state index contributed by atoms with van der Waals surface area (Å²) in [6.45, 7) is 3.81. The van der Waals surface area contributed by atoms with Crippen LogP contribution in [0.25, 0.3) is 17.0 Å². The fraction of sp³-hybridized carbons (Fsp3) is 0.167. The topological polar surface area (TPSA) is 68.9 Å². The summed E-state index contributed by atoms with van der Waals surface area (Å²) in [5.74, 6) is 0.447. The lowest BCUT2D eigenvalue weighted by molar-refractivity contribution is -0.384. The van der Waals surface area contributed by atoms with Gasteiger partial charge in [-0.05, 0) is 26.0 Å². The van der Waals surface area contributed by atoms with Gasteiger partial charge in [-0.15, -0.1) is 0 Å². The first-order valence-electron chi connectivity index (χ1n) is 5.34. The quantitative estimate of drug-likeness (QED) is 0.471. The van der Waals surface area contributed by atoms with Crippen LogP contribution in [0.2, 0.25) is 10.2 Å². The average molecular weight is 298 g/mol. The van der Waals surface area contributed by atoms with Crippen molar-refractivity contribution in [1.29, 1.82) is 0 Å². The van der Waals surface area contributed by atoms with Gasteiger partial charge in [0, 0.05) is 11.5 Å². The fourth-order valence-electron chi connectivity index (χ4n) is 1.58. The smallest absolute Gasteiger partial charge is 0.258 e. The van der Waals surface area contributed by atoms with E-state index in [1.54, 1.807) is 6.08 Å². The second kappa shape index (κ2) is 5.11. The molecule has 2 rings (SSSR count). The molecule has 1 aromatic heterocycles. The van der Waals surface area contributed by atoms with Crippen LogP contribution in [0.4, 0.5) is 5.69 Å². The average Bonchev–Trinajstić information content (AvgIpc) is 2.26. The van der Waals surface area contributed by atoms with Crippen molar-refractivity contribution in [2.45, 2.75) is 13.8 Å². The molecular formula is C12H9Cl2N3O2. The molecule has 0 N–H and O–H groups in total. The zero-order chi connectivity index (χ0) is 14.2. The molecule has 0 aliphatic heterocycles. The van der Waals surface area contributed by atoms with E-state index in [0.29, 0.717) is 16.7 Å². The van der Waals surface area contributed by atoms with Gasteiger partial charge in [-0.3, -0.25) is 10.1 Å². The van der Waals surface area contributed by atoms with Crippen molar-refractivity contribution >= 4 is 45.9 Å². The molecule has 0 aliphatic carbocycles. The van der Waals surface area contributed by atoms with Crippen LogP contribution in [0.5, 0.6) is 0 Å². The van der Waals surface area contributed by atoms with Crippen LogP contribution in [0.15, 0.2) is 17.7 Å². The number of hydrogen-bond acceptors (Lipinski definition) is 4. The maximum Gasteiger partial charge on any atom is 0.288 e. The van der Waals surface area contributed by atoms with E-state index in [0.717, 1.165) is 5.57 Å². The number of nitro groups is 1. The minimum Gasteiger partial charge on any atom is -0.258 e. The molecule has 1 heterocycles. The largest absolute Gasteiger partial charge is 0.288 e. The summed E-state index contributed by atoms with van der Waals surface area (Å²) < 4.78 is 0. The van der Waals surface area contributed by atoms with Crippen molar-refractivity contribution in [2.24, 2.45) is 0 Å². The number of aromatic nitrogens is 2. The van der Waals surface area contributed by atoms with Crippen LogP contribution >= 0.6 is 23.2 Å². The van der Waals surface area contributed by atoms with E-state index in [2.05, 4.69) is 9.97 Å². The summed E-state index contributed by atoms with van der Waals surface area (Å²) in [5, 5.41) is 11.4. The predicted molar refractivity (Wildman–Crippen MR) is 75.5 cm³/mol. The number of nitrogens with zero attached hydrogens (tertiary/aromatic N) is 3. The fourth-order valence-corrected chi connectivity index (χ4v) is 2.05. The van der Waals surface area contributed by atoms with Crippen LogP contribution in [-0.4, -0.2) is 14.9 Å². The molecule has 0 fully saturated rings. The first kappa shape index (κ1) is 13.7. The van der Waals surface area contributed by atoms with Crippen LogP contribution in [0.1, 0.15) is 19.7 Å². The van der Waals surface area contributed by atoms with Crippen LogP contribution < -0.4 is 0 Å². The first-order chi connectivity index (χ1) is 8.88. The van der Waals surface area contributed by atoms with E-state index in [4.69, 9.17) is 23.2 Å². The standard InChI is InChI=1S/C12H9Cl2N3O2/c1-6(2)3-11-15-9-5-8(13)10(17(18)19)4-7(9)12(14)16-11/h3-5H,1-2H3. The Morgan fingerprint density at radius 1 is 1.32 bits per heavy atom. The lowest BCUT2D eigenvalue weighted by Crippen LogP contribution is -1.94. The minimum absolute atomic E-state index is 0.0235. The van der Waals surface area contributed by atoms with Crippen molar-refractivity contribution in [3.05, 3.63) is 43.8 Å². The van der Waals surface area contributed by atoms with Crippen molar-refractivity contribution < 1.29 is 4.92 Å². The lowest BCUT2D eigenvalue weighted by atomic mass is 10.2. The SMILES string of the molecule is CC(C)=Cc1nc(Cl)c2cc([N+](=O)[O-])c(Cl)cc2n1. The summed E-state index contributed by atoms with van der Waals surface area (Å²) in [7, 11) is 0. The number of rotatable bonds is 2. The molecule has 0 radical (unpaired) electrons. The van der Waals surface area contributed by atoms with Gasteiger partial charge in [0.05, 0.1) is 10.4 Å². The molecule has 0 unspecified atom stereocenters. The highest BCUT2D eigenvalue weighted by Crippen LogP contribution is 2.31. The van der Waals surface area contributed by atoms with E-state index < -0.39 is 4.92 Å². The first-order valence-corrected chi connectivity index (χ1v) is 6.10. The van der Waals surface area contributed by atoms with Crippen molar-refractivity contribution in [1.82, 2.24) is 9.97 Å². The Labute approximate surface area is 119 Å². The predicted octanol–water partition coefficient (Wildman–Crippen LogP) is 4.27. The third-order valence-corrected chi connectivity index (χ3v) is 2.94. The molecule has 0 spiro atoms. The summed E-state index contributed by atoms with van der Waals surface area (Å²) in [6, 6.07) is 2.71. The van der Waals surface area contributed by atoms with Crippen LogP contribution in [-0.2, 0) is 0 Å². The zero-order valence-electron chi connectivity index (χ0n) is 10.1. The Morgan fingerprint density at radius 3 is 2.58 bits per heavy atom. The van der Waals surface area contributed by atoms with Gasteiger partial charge in [-0.1, -0.05) is 28.8 Å². The summed E-state index contributed by atoms with van der Waals surface area (Å²) >= 11 is 11.9. The van der Waals surface area contributed by atoms with Crippen LogP contribution in [0.3, 0.4) is 0 Å². The van der Waals surface area contributed by atoms with Crippen molar-refractivity contribution in [3.63, 3.8) is 0 Å². The van der Waals surface area contributed by atoms with Gasteiger partial charge >= 0.3 is 0 Å². The number of benzene rings is 1. The van der Waals surface area contributed by atoms with E-state index >= 15 is 0 Å². The maximum atomic E-state index is 10.8. The van der Waals surface area contributed by atoms with E-state index in [1.165, 1.54) is 12.1 Å². The van der Waals surface area contributed by atoms with E-state index in [1.807, 2.05) is 13.8 Å². The van der Waals surface area contributed by atoms with Gasteiger partial charge in [0.15, 0.2) is 5.82 Å². The second-order valence-electron chi connectivity index (χ2n) is 4.17. The number of hydrogen-bond donors (Lipinski definition) is 0. The number of nitro benzene ring substituents is 1. The number of halogens is 2.